The zero-order valence-electron chi connectivity index (χ0n) is 11.8. The molecule has 0 bridgehead atoms. The van der Waals surface area contributed by atoms with Crippen LogP contribution >= 0.6 is 11.8 Å². The van der Waals surface area contributed by atoms with Crippen LogP contribution < -0.4 is 5.32 Å². The Labute approximate surface area is 126 Å². The van der Waals surface area contributed by atoms with Gasteiger partial charge in [-0.05, 0) is 7.05 Å². The molecule has 2 aliphatic rings. The van der Waals surface area contributed by atoms with Crippen molar-refractivity contribution in [2.24, 2.45) is 0 Å². The van der Waals surface area contributed by atoms with Gasteiger partial charge in [-0.25, -0.2) is 0 Å². The van der Waals surface area contributed by atoms with Crippen LogP contribution in [0.5, 0.6) is 0 Å². The first-order chi connectivity index (χ1) is 9.99. The average molecular weight is 314 g/mol. The van der Waals surface area contributed by atoms with Gasteiger partial charge in [0.05, 0.1) is 5.75 Å². The standard InChI is InChI=1S/C12H18N4O4S/c1-14-4-6-15(7-5-14)11(19)10(18)13-2-3-16-9(17)8-21-12(16)20/h2-8H2,1H3,(H,13,18). The van der Waals surface area contributed by atoms with Crippen molar-refractivity contribution in [2.75, 3.05) is 52.1 Å². The fourth-order valence-corrected chi connectivity index (χ4v) is 2.86. The van der Waals surface area contributed by atoms with Crippen LogP contribution in [0.15, 0.2) is 0 Å². The average Bonchev–Trinajstić information content (AvgIpc) is 2.79. The molecule has 21 heavy (non-hydrogen) atoms. The van der Waals surface area contributed by atoms with Crippen molar-refractivity contribution in [3.63, 3.8) is 0 Å². The normalized spacial score (nSPS) is 20.0. The molecule has 2 rings (SSSR count). The lowest BCUT2D eigenvalue weighted by molar-refractivity contribution is -0.146. The molecule has 4 amide bonds. The molecular formula is C12H18N4O4S. The summed E-state index contributed by atoms with van der Waals surface area (Å²) in [6, 6.07) is 0. The fourth-order valence-electron chi connectivity index (χ4n) is 2.11. The maximum atomic E-state index is 11.9. The molecule has 116 valence electrons. The molecule has 2 saturated heterocycles. The van der Waals surface area contributed by atoms with Gasteiger partial charge in [0.1, 0.15) is 0 Å². The Morgan fingerprint density at radius 3 is 2.43 bits per heavy atom. The molecule has 0 atom stereocenters. The van der Waals surface area contributed by atoms with Gasteiger partial charge in [0.2, 0.25) is 5.91 Å². The van der Waals surface area contributed by atoms with E-state index in [2.05, 4.69) is 10.2 Å². The molecule has 0 aromatic heterocycles. The number of hydrogen-bond donors (Lipinski definition) is 1. The van der Waals surface area contributed by atoms with Crippen LogP contribution in [0, 0.1) is 0 Å². The van der Waals surface area contributed by atoms with Gasteiger partial charge in [-0.15, -0.1) is 0 Å². The van der Waals surface area contributed by atoms with Crippen molar-refractivity contribution < 1.29 is 19.2 Å². The highest BCUT2D eigenvalue weighted by molar-refractivity contribution is 8.14. The highest BCUT2D eigenvalue weighted by Crippen LogP contribution is 2.17. The topological polar surface area (TPSA) is 90.0 Å². The van der Waals surface area contributed by atoms with Gasteiger partial charge in [0.15, 0.2) is 0 Å². The number of nitrogens with zero attached hydrogens (tertiary/aromatic N) is 3. The van der Waals surface area contributed by atoms with Crippen molar-refractivity contribution in [1.82, 2.24) is 20.0 Å². The van der Waals surface area contributed by atoms with Crippen molar-refractivity contribution in [1.29, 1.82) is 0 Å². The van der Waals surface area contributed by atoms with E-state index >= 15 is 0 Å². The molecule has 9 heteroatoms. The van der Waals surface area contributed by atoms with E-state index in [1.54, 1.807) is 0 Å². The molecule has 1 N–H and O–H groups in total. The molecule has 0 unspecified atom stereocenters. The molecule has 0 saturated carbocycles. The number of carbonyl (C=O) groups excluding carboxylic acids is 4. The summed E-state index contributed by atoms with van der Waals surface area (Å²) in [5.41, 5.74) is 0. The van der Waals surface area contributed by atoms with E-state index in [0.29, 0.717) is 13.1 Å². The summed E-state index contributed by atoms with van der Waals surface area (Å²) < 4.78 is 0. The monoisotopic (exact) mass is 314 g/mol. The number of rotatable bonds is 3. The summed E-state index contributed by atoms with van der Waals surface area (Å²) in [5, 5.41) is 2.15. The maximum absolute atomic E-state index is 11.9. The van der Waals surface area contributed by atoms with Crippen LogP contribution in [-0.4, -0.2) is 89.7 Å². The number of carbonyl (C=O) groups is 4. The third-order valence-corrected chi connectivity index (χ3v) is 4.30. The van der Waals surface area contributed by atoms with E-state index < -0.39 is 11.8 Å². The van der Waals surface area contributed by atoms with Gasteiger partial charge in [0, 0.05) is 39.3 Å². The smallest absolute Gasteiger partial charge is 0.311 e. The minimum absolute atomic E-state index is 0.0936. The quantitative estimate of drug-likeness (QED) is 0.643. The molecule has 0 aromatic rings. The molecule has 0 radical (unpaired) electrons. The van der Waals surface area contributed by atoms with Crippen LogP contribution in [-0.2, 0) is 14.4 Å². The first-order valence-electron chi connectivity index (χ1n) is 6.72. The minimum Gasteiger partial charge on any atom is -0.346 e. The lowest BCUT2D eigenvalue weighted by atomic mass is 10.3. The second-order valence-electron chi connectivity index (χ2n) is 4.95. The third kappa shape index (κ3) is 3.94. The van der Waals surface area contributed by atoms with E-state index in [1.807, 2.05) is 7.05 Å². The van der Waals surface area contributed by atoms with Crippen LogP contribution in [0.1, 0.15) is 0 Å². The number of hydrogen-bond acceptors (Lipinski definition) is 6. The highest BCUT2D eigenvalue weighted by atomic mass is 32.2. The third-order valence-electron chi connectivity index (χ3n) is 3.45. The summed E-state index contributed by atoms with van der Waals surface area (Å²) in [7, 11) is 1.96. The van der Waals surface area contributed by atoms with Gasteiger partial charge >= 0.3 is 11.8 Å². The lowest BCUT2D eigenvalue weighted by Gasteiger charge is -2.31. The largest absolute Gasteiger partial charge is 0.346 e. The fraction of sp³-hybridized carbons (Fsp3) is 0.667. The summed E-state index contributed by atoms with van der Waals surface area (Å²) in [5.74, 6) is -1.36. The second-order valence-corrected chi connectivity index (χ2v) is 5.88. The Bertz CT molecular complexity index is 446. The number of nitrogens with one attached hydrogen (secondary N) is 1. The second kappa shape index (κ2) is 6.90. The molecule has 0 aliphatic carbocycles. The summed E-state index contributed by atoms with van der Waals surface area (Å²) in [6.07, 6.45) is 0. The predicted octanol–water partition coefficient (Wildman–Crippen LogP) is -1.43. The van der Waals surface area contributed by atoms with Crippen LogP contribution in [0.25, 0.3) is 0 Å². The van der Waals surface area contributed by atoms with Gasteiger partial charge in [-0.2, -0.15) is 0 Å². The first-order valence-corrected chi connectivity index (χ1v) is 7.70. The van der Waals surface area contributed by atoms with E-state index in [9.17, 15) is 19.2 Å². The van der Waals surface area contributed by atoms with Crippen LogP contribution in [0.3, 0.4) is 0 Å². The maximum Gasteiger partial charge on any atom is 0.311 e. The lowest BCUT2D eigenvalue weighted by Crippen LogP contribution is -2.52. The van der Waals surface area contributed by atoms with Gasteiger partial charge in [-0.1, -0.05) is 11.8 Å². The van der Waals surface area contributed by atoms with Crippen molar-refractivity contribution >= 4 is 34.7 Å². The highest BCUT2D eigenvalue weighted by Gasteiger charge is 2.30. The number of imide groups is 1. The van der Waals surface area contributed by atoms with Gasteiger partial charge in [0.25, 0.3) is 5.24 Å². The van der Waals surface area contributed by atoms with Gasteiger partial charge < -0.3 is 15.1 Å². The number of piperazine rings is 1. The molecule has 2 heterocycles. The van der Waals surface area contributed by atoms with Crippen LogP contribution in [0.4, 0.5) is 4.79 Å². The molecule has 0 aromatic carbocycles. The molecular weight excluding hydrogens is 296 g/mol. The number of thioether (sulfide) groups is 1. The number of amides is 4. The van der Waals surface area contributed by atoms with Crippen molar-refractivity contribution in [3.8, 4) is 0 Å². The van der Waals surface area contributed by atoms with E-state index in [0.717, 1.165) is 29.8 Å². The molecule has 0 spiro atoms. The Hall–Kier alpha value is -1.61. The first kappa shape index (κ1) is 15.8. The van der Waals surface area contributed by atoms with E-state index in [-0.39, 0.29) is 30.0 Å². The summed E-state index contributed by atoms with van der Waals surface area (Å²) in [4.78, 5) is 51.1. The number of likely N-dealkylation sites (N-methyl/N-ethyl adjacent to an activating group) is 1. The Balaban J connectivity index is 1.73. The zero-order chi connectivity index (χ0) is 15.4. The van der Waals surface area contributed by atoms with E-state index in [1.165, 1.54) is 4.90 Å². The molecule has 8 nitrogen and oxygen atoms in total. The Morgan fingerprint density at radius 1 is 1.19 bits per heavy atom. The van der Waals surface area contributed by atoms with Crippen LogP contribution in [0.2, 0.25) is 0 Å². The van der Waals surface area contributed by atoms with Gasteiger partial charge in [-0.3, -0.25) is 24.1 Å². The zero-order valence-corrected chi connectivity index (χ0v) is 12.6. The SMILES string of the molecule is CN1CCN(C(=O)C(=O)NCCN2C(=O)CSC2=O)CC1. The van der Waals surface area contributed by atoms with Crippen molar-refractivity contribution in [3.05, 3.63) is 0 Å². The Kier molecular flexibility index (Phi) is 5.18. The molecule has 2 aliphatic heterocycles. The minimum atomic E-state index is -0.689. The van der Waals surface area contributed by atoms with Crippen molar-refractivity contribution in [2.45, 2.75) is 0 Å². The van der Waals surface area contributed by atoms with E-state index in [4.69, 9.17) is 0 Å². The summed E-state index contributed by atoms with van der Waals surface area (Å²) in [6.45, 7) is 2.74. The predicted molar refractivity (Wildman–Crippen MR) is 76.7 cm³/mol. The Morgan fingerprint density at radius 2 is 1.86 bits per heavy atom. The molecule has 2 fully saturated rings. The summed E-state index contributed by atoms with van der Waals surface area (Å²) >= 11 is 0.946.